The summed E-state index contributed by atoms with van der Waals surface area (Å²) in [6.07, 6.45) is 7.86. The Bertz CT molecular complexity index is 720. The van der Waals surface area contributed by atoms with Gasteiger partial charge in [-0.15, -0.1) is 5.10 Å². The van der Waals surface area contributed by atoms with Crippen LogP contribution < -0.4 is 0 Å². The van der Waals surface area contributed by atoms with E-state index in [-0.39, 0.29) is 5.69 Å². The van der Waals surface area contributed by atoms with Crippen LogP contribution in [0, 0.1) is 0 Å². The first kappa shape index (κ1) is 23.0. The second kappa shape index (κ2) is 9.74. The molecule has 0 aliphatic rings. The molecule has 1 rings (SSSR count). The van der Waals surface area contributed by atoms with Gasteiger partial charge in [0.2, 0.25) is 0 Å². The fraction of sp³-hybridized carbons (Fsp3) is 0.600. The van der Waals surface area contributed by atoms with E-state index in [4.69, 9.17) is 19.6 Å². The van der Waals surface area contributed by atoms with Crippen LogP contribution in [-0.4, -0.2) is 40.0 Å². The average Bonchev–Trinajstić information content (AvgIpc) is 2.89. The van der Waals surface area contributed by atoms with Crippen LogP contribution in [0.5, 0.6) is 0 Å². The summed E-state index contributed by atoms with van der Waals surface area (Å²) in [7, 11) is -9.92. The lowest BCUT2D eigenvalue weighted by atomic mass is 10.1. The molecule has 0 bridgehead atoms. The third-order valence-electron chi connectivity index (χ3n) is 3.70. The van der Waals surface area contributed by atoms with E-state index in [9.17, 15) is 9.13 Å². The van der Waals surface area contributed by atoms with Gasteiger partial charge in [0.15, 0.2) is 5.40 Å². The van der Waals surface area contributed by atoms with Gasteiger partial charge in [0.1, 0.15) is 0 Å². The highest BCUT2D eigenvalue weighted by Gasteiger charge is 2.43. The molecule has 26 heavy (non-hydrogen) atoms. The summed E-state index contributed by atoms with van der Waals surface area (Å²) in [5.41, 5.74) is 2.67. The minimum atomic E-state index is -4.96. The highest BCUT2D eigenvalue weighted by atomic mass is 31.2. The van der Waals surface area contributed by atoms with Gasteiger partial charge in [-0.2, -0.15) is 0 Å². The molecule has 0 atom stereocenters. The summed E-state index contributed by atoms with van der Waals surface area (Å²) in [5, 5.41) is 5.49. The second-order valence-electron chi connectivity index (χ2n) is 6.50. The van der Waals surface area contributed by atoms with Crippen LogP contribution in [0.15, 0.2) is 29.5 Å². The summed E-state index contributed by atoms with van der Waals surface area (Å²) in [5.74, 6) is 0. The van der Waals surface area contributed by atoms with E-state index in [1.165, 1.54) is 22.0 Å². The number of aromatic nitrogens is 3. The molecule has 148 valence electrons. The Balaban J connectivity index is 2.61. The number of aryl methyl sites for hydroxylation is 1. The zero-order valence-corrected chi connectivity index (χ0v) is 17.0. The molecular formula is C15H27N3O6P2. The molecule has 4 N–H and O–H groups in total. The normalized spacial score (nSPS) is 13.3. The Morgan fingerprint density at radius 3 is 2.27 bits per heavy atom. The molecule has 9 nitrogen and oxygen atoms in total. The lowest BCUT2D eigenvalue weighted by Gasteiger charge is -2.18. The molecule has 0 aliphatic heterocycles. The standard InChI is InChI=1S/C15H27N3O6P2/c1-12(2)6-4-7-13(3)8-5-9-18-11-14(16-17-18)10-15(25(19,20)21)26(22,23)24/h6,8,11,15H,4-5,7,9-10H2,1-3H3,(H2,19,20,21)(H2,22,23,24)/b13-8-. The van der Waals surface area contributed by atoms with Crippen LogP contribution >= 0.6 is 15.2 Å². The molecule has 0 aromatic carbocycles. The maximum atomic E-state index is 11.3. The van der Waals surface area contributed by atoms with Crippen molar-refractivity contribution in [3.05, 3.63) is 35.2 Å². The number of rotatable bonds is 10. The Morgan fingerprint density at radius 2 is 1.73 bits per heavy atom. The second-order valence-corrected chi connectivity index (χ2v) is 10.5. The molecule has 11 heteroatoms. The molecule has 0 spiro atoms. The molecule has 0 saturated carbocycles. The Morgan fingerprint density at radius 1 is 1.12 bits per heavy atom. The molecule has 0 radical (unpaired) electrons. The van der Waals surface area contributed by atoms with Crippen molar-refractivity contribution in [2.75, 3.05) is 0 Å². The zero-order valence-electron chi connectivity index (χ0n) is 15.2. The van der Waals surface area contributed by atoms with Crippen LogP contribution in [0.2, 0.25) is 0 Å². The van der Waals surface area contributed by atoms with E-state index in [0.717, 1.165) is 12.8 Å². The molecule has 1 aromatic rings. The molecule has 0 fully saturated rings. The smallest absolute Gasteiger partial charge is 0.324 e. The van der Waals surface area contributed by atoms with Crippen LogP contribution in [0.3, 0.4) is 0 Å². The predicted octanol–water partition coefficient (Wildman–Crippen LogP) is 2.58. The molecule has 0 unspecified atom stereocenters. The number of hydrogen-bond donors (Lipinski definition) is 4. The summed E-state index contributed by atoms with van der Waals surface area (Å²) in [6, 6.07) is 0. The molecule has 0 amide bonds. The van der Waals surface area contributed by atoms with Crippen molar-refractivity contribution in [3.63, 3.8) is 0 Å². The van der Waals surface area contributed by atoms with E-state index in [1.54, 1.807) is 0 Å². The topological polar surface area (TPSA) is 146 Å². The Labute approximate surface area is 153 Å². The van der Waals surface area contributed by atoms with Crippen LogP contribution in [0.4, 0.5) is 0 Å². The Hall–Kier alpha value is -1.08. The van der Waals surface area contributed by atoms with Gasteiger partial charge in [-0.3, -0.25) is 13.8 Å². The van der Waals surface area contributed by atoms with Gasteiger partial charge >= 0.3 is 15.2 Å². The van der Waals surface area contributed by atoms with Crippen molar-refractivity contribution in [1.82, 2.24) is 15.0 Å². The first-order valence-corrected chi connectivity index (χ1v) is 11.5. The third-order valence-corrected chi connectivity index (χ3v) is 7.42. The third kappa shape index (κ3) is 8.54. The van der Waals surface area contributed by atoms with Gasteiger partial charge < -0.3 is 19.6 Å². The minimum absolute atomic E-state index is 0.130. The zero-order chi connectivity index (χ0) is 20.0. The first-order valence-electron chi connectivity index (χ1n) is 8.18. The van der Waals surface area contributed by atoms with Crippen LogP contribution in [-0.2, 0) is 22.1 Å². The van der Waals surface area contributed by atoms with Gasteiger partial charge in [0.05, 0.1) is 5.69 Å². The number of hydrogen-bond acceptors (Lipinski definition) is 4. The lowest BCUT2D eigenvalue weighted by Crippen LogP contribution is -2.13. The van der Waals surface area contributed by atoms with Crippen LogP contribution in [0.25, 0.3) is 0 Å². The van der Waals surface area contributed by atoms with E-state index in [2.05, 4.69) is 43.2 Å². The van der Waals surface area contributed by atoms with Gasteiger partial charge in [-0.25, -0.2) is 0 Å². The highest BCUT2D eigenvalue weighted by Crippen LogP contribution is 2.60. The molecule has 1 heterocycles. The van der Waals surface area contributed by atoms with E-state index < -0.39 is 27.0 Å². The molecular weight excluding hydrogens is 380 g/mol. The van der Waals surface area contributed by atoms with Crippen molar-refractivity contribution in [2.24, 2.45) is 0 Å². The molecule has 0 aliphatic carbocycles. The predicted molar refractivity (Wildman–Crippen MR) is 98.6 cm³/mol. The van der Waals surface area contributed by atoms with Crippen molar-refractivity contribution in [2.45, 2.75) is 58.4 Å². The largest absolute Gasteiger partial charge is 0.341 e. The van der Waals surface area contributed by atoms with E-state index >= 15 is 0 Å². The molecule has 0 saturated heterocycles. The van der Waals surface area contributed by atoms with Crippen LogP contribution in [0.1, 0.15) is 45.7 Å². The maximum Gasteiger partial charge on any atom is 0.341 e. The van der Waals surface area contributed by atoms with Gasteiger partial charge in [0, 0.05) is 19.2 Å². The van der Waals surface area contributed by atoms with Crippen molar-refractivity contribution >= 4 is 15.2 Å². The number of allylic oxidation sites excluding steroid dienone is 4. The minimum Gasteiger partial charge on any atom is -0.324 e. The van der Waals surface area contributed by atoms with Gasteiger partial charge in [0.25, 0.3) is 0 Å². The first-order chi connectivity index (χ1) is 11.9. The quantitative estimate of drug-likeness (QED) is 0.342. The van der Waals surface area contributed by atoms with Crippen molar-refractivity contribution in [3.8, 4) is 0 Å². The maximum absolute atomic E-state index is 11.3. The fourth-order valence-electron chi connectivity index (χ4n) is 2.30. The van der Waals surface area contributed by atoms with Gasteiger partial charge in [-0.1, -0.05) is 28.5 Å². The summed E-state index contributed by atoms with van der Waals surface area (Å²) < 4.78 is 24.1. The SMILES string of the molecule is CC(C)=CCC/C(C)=C\CCn1cc(CC(P(=O)(O)O)P(=O)(O)O)nn1. The molecule has 1 aromatic heterocycles. The van der Waals surface area contributed by atoms with Crippen molar-refractivity contribution < 1.29 is 28.7 Å². The van der Waals surface area contributed by atoms with Crippen molar-refractivity contribution in [1.29, 1.82) is 0 Å². The Kier molecular flexibility index (Phi) is 8.60. The number of nitrogens with zero attached hydrogens (tertiary/aromatic N) is 3. The van der Waals surface area contributed by atoms with E-state index in [1.807, 2.05) is 0 Å². The highest BCUT2D eigenvalue weighted by molar-refractivity contribution is 7.70. The summed E-state index contributed by atoms with van der Waals surface area (Å²) in [6.45, 7) is 6.69. The lowest BCUT2D eigenvalue weighted by molar-refractivity contribution is 0.337. The summed E-state index contributed by atoms with van der Waals surface area (Å²) >= 11 is 0. The summed E-state index contributed by atoms with van der Waals surface area (Å²) in [4.78, 5) is 36.6. The average molecular weight is 407 g/mol. The fourth-order valence-corrected chi connectivity index (χ4v) is 4.71. The van der Waals surface area contributed by atoms with E-state index in [0.29, 0.717) is 13.0 Å². The van der Waals surface area contributed by atoms with Gasteiger partial charge in [-0.05, 0) is 40.0 Å². The monoisotopic (exact) mass is 407 g/mol.